The van der Waals surface area contributed by atoms with Crippen LogP contribution in [-0.4, -0.2) is 36.0 Å². The largest absolute Gasteiger partial charge is 0.339 e. The summed E-state index contributed by atoms with van der Waals surface area (Å²) < 4.78 is 32.3. The first-order valence-corrected chi connectivity index (χ1v) is 9.82. The van der Waals surface area contributed by atoms with Gasteiger partial charge in [0.2, 0.25) is 11.7 Å². The second-order valence-electron chi connectivity index (χ2n) is 5.40. The first kappa shape index (κ1) is 15.8. The molecule has 4 rings (SSSR count). The van der Waals surface area contributed by atoms with E-state index in [1.165, 1.54) is 10.4 Å². The molecule has 3 heterocycles. The molecule has 6 nitrogen and oxygen atoms in total. The predicted octanol–water partition coefficient (Wildman–Crippen LogP) is 3.24. The summed E-state index contributed by atoms with van der Waals surface area (Å²) in [5.41, 5.74) is 0.865. The molecular weight excluding hydrogens is 370 g/mol. The van der Waals surface area contributed by atoms with Gasteiger partial charge in [0.05, 0.1) is 10.3 Å². The van der Waals surface area contributed by atoms with E-state index >= 15 is 0 Å². The third kappa shape index (κ3) is 2.75. The maximum atomic E-state index is 12.4. The highest BCUT2D eigenvalue weighted by Crippen LogP contribution is 2.35. The van der Waals surface area contributed by atoms with Gasteiger partial charge in [0.15, 0.2) is 0 Å². The van der Waals surface area contributed by atoms with E-state index in [1.807, 2.05) is 30.3 Å². The molecule has 1 aliphatic heterocycles. The van der Waals surface area contributed by atoms with Crippen molar-refractivity contribution in [1.29, 1.82) is 0 Å². The molecule has 2 aromatic heterocycles. The van der Waals surface area contributed by atoms with Gasteiger partial charge in [0, 0.05) is 18.7 Å². The van der Waals surface area contributed by atoms with Gasteiger partial charge in [-0.2, -0.15) is 9.29 Å². The van der Waals surface area contributed by atoms with Gasteiger partial charge in [0.25, 0.3) is 10.0 Å². The first-order chi connectivity index (χ1) is 11.5. The van der Waals surface area contributed by atoms with Crippen molar-refractivity contribution in [3.8, 4) is 11.4 Å². The summed E-state index contributed by atoms with van der Waals surface area (Å²) in [6.07, 6.45) is 0. The van der Waals surface area contributed by atoms with Crippen LogP contribution in [0.25, 0.3) is 11.4 Å². The monoisotopic (exact) mass is 381 g/mol. The fourth-order valence-electron chi connectivity index (χ4n) is 2.46. The van der Waals surface area contributed by atoms with Crippen LogP contribution < -0.4 is 0 Å². The molecule has 0 saturated carbocycles. The van der Waals surface area contributed by atoms with E-state index in [2.05, 4.69) is 10.1 Å². The summed E-state index contributed by atoms with van der Waals surface area (Å²) in [6, 6.07) is 12.6. The fourth-order valence-corrected chi connectivity index (χ4v) is 5.63. The maximum absolute atomic E-state index is 12.4. The Kier molecular flexibility index (Phi) is 3.92. The molecule has 0 atom stereocenters. The number of sulfonamides is 1. The van der Waals surface area contributed by atoms with Crippen LogP contribution in [0.2, 0.25) is 4.34 Å². The van der Waals surface area contributed by atoms with E-state index < -0.39 is 10.0 Å². The third-order valence-electron chi connectivity index (χ3n) is 3.81. The highest BCUT2D eigenvalue weighted by atomic mass is 35.5. The number of nitrogens with zero attached hydrogens (tertiary/aromatic N) is 3. The lowest BCUT2D eigenvalue weighted by Gasteiger charge is -2.35. The van der Waals surface area contributed by atoms with Crippen molar-refractivity contribution in [3.63, 3.8) is 0 Å². The van der Waals surface area contributed by atoms with Crippen LogP contribution in [0, 0.1) is 0 Å². The van der Waals surface area contributed by atoms with E-state index in [0.717, 1.165) is 16.9 Å². The number of benzene rings is 1. The smallest absolute Gasteiger partial charge is 0.252 e. The summed E-state index contributed by atoms with van der Waals surface area (Å²) in [6.45, 7) is 0.655. The SMILES string of the molecule is O=S(=O)(c1ccc(Cl)s1)N1CC(c2nc(-c3ccccc3)no2)C1. The minimum absolute atomic E-state index is 0.0832. The number of hydrogen-bond acceptors (Lipinski definition) is 6. The van der Waals surface area contributed by atoms with E-state index in [-0.39, 0.29) is 10.1 Å². The summed E-state index contributed by atoms with van der Waals surface area (Å²) in [5, 5.41) is 3.97. The number of halogens is 1. The summed E-state index contributed by atoms with van der Waals surface area (Å²) in [4.78, 5) is 4.38. The highest BCUT2D eigenvalue weighted by Gasteiger charge is 2.41. The van der Waals surface area contributed by atoms with Crippen molar-refractivity contribution in [2.75, 3.05) is 13.1 Å². The minimum Gasteiger partial charge on any atom is -0.339 e. The van der Waals surface area contributed by atoms with Gasteiger partial charge in [-0.3, -0.25) is 0 Å². The van der Waals surface area contributed by atoms with E-state index in [9.17, 15) is 8.42 Å². The Hall–Kier alpha value is -1.74. The Morgan fingerprint density at radius 1 is 1.17 bits per heavy atom. The second-order valence-corrected chi connectivity index (χ2v) is 9.28. The molecule has 0 spiro atoms. The zero-order chi connectivity index (χ0) is 16.7. The van der Waals surface area contributed by atoms with Crippen molar-refractivity contribution in [2.45, 2.75) is 10.1 Å². The average Bonchev–Trinajstić information content (AvgIpc) is 3.16. The highest BCUT2D eigenvalue weighted by molar-refractivity contribution is 7.91. The van der Waals surface area contributed by atoms with Gasteiger partial charge >= 0.3 is 0 Å². The van der Waals surface area contributed by atoms with Gasteiger partial charge in [-0.25, -0.2) is 8.42 Å². The predicted molar refractivity (Wildman–Crippen MR) is 90.6 cm³/mol. The Balaban J connectivity index is 1.47. The maximum Gasteiger partial charge on any atom is 0.252 e. The quantitative estimate of drug-likeness (QED) is 0.693. The third-order valence-corrected chi connectivity index (χ3v) is 7.34. The van der Waals surface area contributed by atoms with Gasteiger partial charge in [-0.15, -0.1) is 11.3 Å². The standard InChI is InChI=1S/C15H12ClN3O3S2/c16-12-6-7-13(23-12)24(20,21)19-8-11(9-19)15-17-14(18-22-15)10-4-2-1-3-5-10/h1-7,11H,8-9H2. The normalized spacial score (nSPS) is 16.2. The van der Waals surface area contributed by atoms with Crippen molar-refractivity contribution in [3.05, 3.63) is 52.7 Å². The summed E-state index contributed by atoms with van der Waals surface area (Å²) in [7, 11) is -3.49. The van der Waals surface area contributed by atoms with Crippen LogP contribution in [0.1, 0.15) is 11.8 Å². The van der Waals surface area contributed by atoms with Crippen LogP contribution >= 0.6 is 22.9 Å². The number of rotatable bonds is 4. The number of aromatic nitrogens is 2. The van der Waals surface area contributed by atoms with Gasteiger partial charge in [0.1, 0.15) is 4.21 Å². The molecule has 1 fully saturated rings. The lowest BCUT2D eigenvalue weighted by molar-refractivity contribution is 0.217. The molecule has 1 aliphatic rings. The zero-order valence-electron chi connectivity index (χ0n) is 12.3. The fraction of sp³-hybridized carbons (Fsp3) is 0.200. The molecule has 9 heteroatoms. The van der Waals surface area contributed by atoms with Crippen LogP contribution in [0.4, 0.5) is 0 Å². The van der Waals surface area contributed by atoms with E-state index in [4.69, 9.17) is 16.1 Å². The molecule has 0 radical (unpaired) electrons. The van der Waals surface area contributed by atoms with Crippen molar-refractivity contribution >= 4 is 33.0 Å². The molecule has 0 bridgehead atoms. The zero-order valence-corrected chi connectivity index (χ0v) is 14.7. The van der Waals surface area contributed by atoms with Crippen molar-refractivity contribution in [2.24, 2.45) is 0 Å². The van der Waals surface area contributed by atoms with Gasteiger partial charge in [-0.05, 0) is 12.1 Å². The topological polar surface area (TPSA) is 76.3 Å². The molecule has 3 aromatic rings. The molecule has 1 aromatic carbocycles. The molecule has 24 heavy (non-hydrogen) atoms. The molecular formula is C15H12ClN3O3S2. The lowest BCUT2D eigenvalue weighted by atomic mass is 10.0. The summed E-state index contributed by atoms with van der Waals surface area (Å²) in [5.74, 6) is 0.890. The Morgan fingerprint density at radius 3 is 2.58 bits per heavy atom. The Bertz CT molecular complexity index is 963. The lowest BCUT2D eigenvalue weighted by Crippen LogP contribution is -2.48. The summed E-state index contributed by atoms with van der Waals surface area (Å²) >= 11 is 6.88. The molecule has 0 amide bonds. The van der Waals surface area contributed by atoms with Crippen molar-refractivity contribution < 1.29 is 12.9 Å². The second kappa shape index (κ2) is 5.96. The van der Waals surface area contributed by atoms with Crippen LogP contribution in [-0.2, 0) is 10.0 Å². The molecule has 0 aliphatic carbocycles. The first-order valence-electron chi connectivity index (χ1n) is 7.18. The molecule has 1 saturated heterocycles. The minimum atomic E-state index is -3.49. The number of hydrogen-bond donors (Lipinski definition) is 0. The number of thiophene rings is 1. The molecule has 0 N–H and O–H groups in total. The molecule has 0 unspecified atom stereocenters. The van der Waals surface area contributed by atoms with Crippen molar-refractivity contribution in [1.82, 2.24) is 14.4 Å². The van der Waals surface area contributed by atoms with Crippen LogP contribution in [0.3, 0.4) is 0 Å². The molecule has 124 valence electrons. The average molecular weight is 382 g/mol. The van der Waals surface area contributed by atoms with Crippen LogP contribution in [0.15, 0.2) is 51.2 Å². The van der Waals surface area contributed by atoms with E-state index in [0.29, 0.717) is 29.1 Å². The van der Waals surface area contributed by atoms with Gasteiger partial charge < -0.3 is 4.52 Å². The van der Waals surface area contributed by atoms with Crippen LogP contribution in [0.5, 0.6) is 0 Å². The van der Waals surface area contributed by atoms with E-state index in [1.54, 1.807) is 6.07 Å². The Morgan fingerprint density at radius 2 is 1.92 bits per heavy atom. The Labute approximate surface area is 147 Å². The van der Waals surface area contributed by atoms with Gasteiger partial charge in [-0.1, -0.05) is 47.1 Å².